The molecule has 0 saturated carbocycles. The van der Waals surface area contributed by atoms with Crippen LogP contribution in [0.15, 0.2) is 97.1 Å². The Morgan fingerprint density at radius 2 is 1.49 bits per heavy atom. The zero-order chi connectivity index (χ0) is 27.2. The summed E-state index contributed by atoms with van der Waals surface area (Å²) in [5.74, 6) is -0.988. The molecule has 1 aliphatic heterocycles. The van der Waals surface area contributed by atoms with E-state index in [1.54, 1.807) is 41.5 Å². The quantitative estimate of drug-likeness (QED) is 0.275. The van der Waals surface area contributed by atoms with Crippen LogP contribution in [0.1, 0.15) is 56.6 Å². The van der Waals surface area contributed by atoms with Gasteiger partial charge in [-0.25, -0.2) is 0 Å². The molecule has 2 unspecified atom stereocenters. The zero-order valence-corrected chi connectivity index (χ0v) is 23.0. The van der Waals surface area contributed by atoms with Gasteiger partial charge in [-0.2, -0.15) is 0 Å². The van der Waals surface area contributed by atoms with E-state index in [0.29, 0.717) is 33.3 Å². The van der Waals surface area contributed by atoms with E-state index in [1.165, 1.54) is 19.3 Å². The van der Waals surface area contributed by atoms with E-state index in [4.69, 9.17) is 23.2 Å². The van der Waals surface area contributed by atoms with Gasteiger partial charge in [-0.15, -0.1) is 0 Å². The van der Waals surface area contributed by atoms with E-state index in [2.05, 4.69) is 34.9 Å². The lowest BCUT2D eigenvalue weighted by Crippen LogP contribution is -2.45. The Kier molecular flexibility index (Phi) is 8.65. The van der Waals surface area contributed by atoms with Gasteiger partial charge < -0.3 is 10.6 Å². The smallest absolute Gasteiger partial charge is 0.252 e. The summed E-state index contributed by atoms with van der Waals surface area (Å²) in [6.07, 6.45) is 4.69. The van der Waals surface area contributed by atoms with Gasteiger partial charge in [0, 0.05) is 22.2 Å². The molecule has 6 rings (SSSR count). The molecule has 1 aliphatic carbocycles. The summed E-state index contributed by atoms with van der Waals surface area (Å²) >= 11 is 12.5. The van der Waals surface area contributed by atoms with Crippen molar-refractivity contribution >= 4 is 35.0 Å². The van der Waals surface area contributed by atoms with Crippen LogP contribution >= 0.6 is 23.2 Å². The molecule has 4 nitrogen and oxygen atoms in total. The van der Waals surface area contributed by atoms with Crippen LogP contribution in [0.25, 0.3) is 0 Å². The third kappa shape index (κ3) is 6.35. The van der Waals surface area contributed by atoms with Crippen LogP contribution in [-0.2, 0) is 24.1 Å². The lowest BCUT2D eigenvalue weighted by molar-refractivity contribution is -0.123. The first-order valence-electron chi connectivity index (χ1n) is 13.2. The molecule has 2 atom stereocenters. The number of fused-ring (bicyclic) bond motifs is 2. The van der Waals surface area contributed by atoms with Crippen molar-refractivity contribution in [1.29, 1.82) is 0 Å². The molecular weight excluding hydrogens is 527 g/mol. The fourth-order valence-corrected chi connectivity index (χ4v) is 5.89. The summed E-state index contributed by atoms with van der Waals surface area (Å²) in [7, 11) is 0. The first-order chi connectivity index (χ1) is 19.0. The molecule has 0 spiro atoms. The Morgan fingerprint density at radius 3 is 2.21 bits per heavy atom. The number of benzene rings is 4. The largest absolute Gasteiger partial charge is 0.355 e. The minimum atomic E-state index is -0.603. The normalized spacial score (nSPS) is 17.2. The standard InChI is InChI=1S/C24H20Cl2N2O2.C9H10/c25-16-10-11-19(20(26)14-16)22-21(17-8-4-5-9-18(17)23(29)28-22)24(30)27-13-12-15-6-2-1-3-7-15;1-2-5-9-7-3-6-8(9)4-1/h1-11,14,21-22H,12-13H2,(H,27,30)(H,28,29);1-2,4-5H,3,6-7H2. The molecular formula is C33H30Cl2N2O2. The van der Waals surface area contributed by atoms with Crippen LogP contribution in [0, 0.1) is 0 Å². The van der Waals surface area contributed by atoms with Crippen LogP contribution < -0.4 is 10.6 Å². The maximum Gasteiger partial charge on any atom is 0.252 e. The second kappa shape index (κ2) is 12.5. The molecule has 4 aromatic carbocycles. The first kappa shape index (κ1) is 27.0. The molecule has 2 amide bonds. The molecule has 39 heavy (non-hydrogen) atoms. The molecule has 0 fully saturated rings. The minimum absolute atomic E-state index is 0.158. The lowest BCUT2D eigenvalue weighted by atomic mass is 9.80. The van der Waals surface area contributed by atoms with E-state index in [-0.39, 0.29) is 11.8 Å². The van der Waals surface area contributed by atoms with Gasteiger partial charge in [0.05, 0.1) is 12.0 Å². The van der Waals surface area contributed by atoms with E-state index in [0.717, 1.165) is 12.0 Å². The molecule has 6 heteroatoms. The van der Waals surface area contributed by atoms with E-state index in [1.807, 2.05) is 42.5 Å². The van der Waals surface area contributed by atoms with Crippen LogP contribution in [0.5, 0.6) is 0 Å². The van der Waals surface area contributed by atoms with Gasteiger partial charge in [0.15, 0.2) is 0 Å². The highest BCUT2D eigenvalue weighted by molar-refractivity contribution is 6.35. The van der Waals surface area contributed by atoms with Crippen molar-refractivity contribution in [3.8, 4) is 0 Å². The molecule has 2 aliphatic rings. The van der Waals surface area contributed by atoms with Crippen molar-refractivity contribution in [2.24, 2.45) is 0 Å². The number of halogens is 2. The number of hydrogen-bond acceptors (Lipinski definition) is 2. The molecule has 0 aromatic heterocycles. The van der Waals surface area contributed by atoms with Crippen molar-refractivity contribution in [3.63, 3.8) is 0 Å². The summed E-state index contributed by atoms with van der Waals surface area (Å²) in [4.78, 5) is 26.0. The van der Waals surface area contributed by atoms with Crippen LogP contribution in [0.2, 0.25) is 10.0 Å². The third-order valence-corrected chi connectivity index (χ3v) is 7.87. The van der Waals surface area contributed by atoms with Gasteiger partial charge in [-0.1, -0.05) is 102 Å². The Hall–Kier alpha value is -3.60. The highest BCUT2D eigenvalue weighted by Gasteiger charge is 2.39. The second-order valence-corrected chi connectivity index (χ2v) is 10.7. The number of nitrogens with one attached hydrogen (secondary N) is 2. The lowest BCUT2D eigenvalue weighted by Gasteiger charge is -2.34. The van der Waals surface area contributed by atoms with Gasteiger partial charge in [0.1, 0.15) is 0 Å². The summed E-state index contributed by atoms with van der Waals surface area (Å²) in [5.41, 5.74) is 6.13. The predicted molar refractivity (Wildman–Crippen MR) is 157 cm³/mol. The summed E-state index contributed by atoms with van der Waals surface area (Å²) in [6, 6.07) is 30.4. The van der Waals surface area contributed by atoms with Gasteiger partial charge in [0.2, 0.25) is 5.91 Å². The number of carbonyl (C=O) groups is 2. The van der Waals surface area contributed by atoms with Crippen LogP contribution in [0.3, 0.4) is 0 Å². The monoisotopic (exact) mass is 556 g/mol. The van der Waals surface area contributed by atoms with E-state index < -0.39 is 12.0 Å². The second-order valence-electron chi connectivity index (χ2n) is 9.83. The molecule has 0 saturated heterocycles. The number of rotatable bonds is 5. The van der Waals surface area contributed by atoms with Crippen molar-refractivity contribution in [3.05, 3.63) is 140 Å². The summed E-state index contributed by atoms with van der Waals surface area (Å²) in [6.45, 7) is 0.497. The summed E-state index contributed by atoms with van der Waals surface area (Å²) in [5, 5.41) is 6.90. The zero-order valence-electron chi connectivity index (χ0n) is 21.5. The van der Waals surface area contributed by atoms with Gasteiger partial charge in [-0.05, 0) is 71.7 Å². The number of carbonyl (C=O) groups excluding carboxylic acids is 2. The number of aryl methyl sites for hydroxylation is 2. The number of hydrogen-bond donors (Lipinski definition) is 2. The average Bonchev–Trinajstić information content (AvgIpc) is 3.43. The van der Waals surface area contributed by atoms with Gasteiger partial charge in [0.25, 0.3) is 5.91 Å². The SMILES string of the molecule is O=C1NC(c2ccc(Cl)cc2Cl)C(C(=O)NCCc2ccccc2)c2ccccc21.c1ccc2c(c1)CCC2. The Balaban J connectivity index is 0.000000287. The first-order valence-corrected chi connectivity index (χ1v) is 14.0. The molecule has 0 radical (unpaired) electrons. The Bertz CT molecular complexity index is 1450. The molecule has 0 bridgehead atoms. The van der Waals surface area contributed by atoms with E-state index >= 15 is 0 Å². The molecule has 4 aromatic rings. The fraction of sp³-hybridized carbons (Fsp3) is 0.212. The van der Waals surface area contributed by atoms with Crippen molar-refractivity contribution < 1.29 is 9.59 Å². The molecule has 198 valence electrons. The number of amides is 2. The Morgan fingerprint density at radius 1 is 0.821 bits per heavy atom. The fourth-order valence-electron chi connectivity index (χ4n) is 5.36. The minimum Gasteiger partial charge on any atom is -0.355 e. The molecule has 1 heterocycles. The van der Waals surface area contributed by atoms with Crippen molar-refractivity contribution in [2.45, 2.75) is 37.6 Å². The van der Waals surface area contributed by atoms with E-state index in [9.17, 15) is 9.59 Å². The summed E-state index contributed by atoms with van der Waals surface area (Å²) < 4.78 is 0. The van der Waals surface area contributed by atoms with Crippen LogP contribution in [-0.4, -0.2) is 18.4 Å². The molecule has 2 N–H and O–H groups in total. The average molecular weight is 558 g/mol. The van der Waals surface area contributed by atoms with Crippen LogP contribution in [0.4, 0.5) is 0 Å². The van der Waals surface area contributed by atoms with Crippen molar-refractivity contribution in [2.75, 3.05) is 6.54 Å². The Labute approximate surface area is 239 Å². The highest BCUT2D eigenvalue weighted by atomic mass is 35.5. The topological polar surface area (TPSA) is 58.2 Å². The predicted octanol–water partition coefficient (Wildman–Crippen LogP) is 7.10. The van der Waals surface area contributed by atoms with Gasteiger partial charge >= 0.3 is 0 Å². The maximum absolute atomic E-state index is 13.3. The van der Waals surface area contributed by atoms with Gasteiger partial charge in [-0.3, -0.25) is 9.59 Å². The van der Waals surface area contributed by atoms with Crippen molar-refractivity contribution in [1.82, 2.24) is 10.6 Å². The maximum atomic E-state index is 13.3. The highest BCUT2D eigenvalue weighted by Crippen LogP contribution is 2.40. The third-order valence-electron chi connectivity index (χ3n) is 7.31.